The summed E-state index contributed by atoms with van der Waals surface area (Å²) < 4.78 is 17.1. The zero-order valence-corrected chi connectivity index (χ0v) is 14.4. The molecule has 20 heavy (non-hydrogen) atoms. The molecule has 0 spiro atoms. The number of hydrogen-bond acceptors (Lipinski definition) is 4. The SMILES string of the molecule is COC(CNCc1cc(Br)cc(OC(C)C)c1C)OC. The summed E-state index contributed by atoms with van der Waals surface area (Å²) in [5.41, 5.74) is 2.35. The number of ether oxygens (including phenoxy) is 3. The van der Waals surface area contributed by atoms with Crippen molar-refractivity contribution in [2.75, 3.05) is 20.8 Å². The van der Waals surface area contributed by atoms with Crippen LogP contribution in [0, 0.1) is 6.92 Å². The first kappa shape index (κ1) is 17.4. The van der Waals surface area contributed by atoms with Gasteiger partial charge in [0.2, 0.25) is 0 Å². The minimum atomic E-state index is -0.228. The summed E-state index contributed by atoms with van der Waals surface area (Å²) in [7, 11) is 3.27. The van der Waals surface area contributed by atoms with Gasteiger partial charge in [-0.2, -0.15) is 0 Å². The van der Waals surface area contributed by atoms with Gasteiger partial charge in [0.15, 0.2) is 6.29 Å². The third-order valence-corrected chi connectivity index (χ3v) is 3.41. The number of hydrogen-bond donors (Lipinski definition) is 1. The molecule has 0 saturated carbocycles. The molecule has 0 atom stereocenters. The van der Waals surface area contributed by atoms with E-state index in [1.807, 2.05) is 19.9 Å². The van der Waals surface area contributed by atoms with Crippen molar-refractivity contribution in [2.24, 2.45) is 0 Å². The quantitative estimate of drug-likeness (QED) is 0.734. The summed E-state index contributed by atoms with van der Waals surface area (Å²) in [6, 6.07) is 4.11. The van der Waals surface area contributed by atoms with Crippen LogP contribution in [-0.2, 0) is 16.0 Å². The number of halogens is 1. The van der Waals surface area contributed by atoms with Gasteiger partial charge in [-0.25, -0.2) is 0 Å². The Bertz CT molecular complexity index is 420. The van der Waals surface area contributed by atoms with E-state index in [9.17, 15) is 0 Å². The summed E-state index contributed by atoms with van der Waals surface area (Å²) in [4.78, 5) is 0. The van der Waals surface area contributed by atoms with E-state index in [1.165, 1.54) is 5.56 Å². The van der Waals surface area contributed by atoms with Crippen molar-refractivity contribution < 1.29 is 14.2 Å². The van der Waals surface area contributed by atoms with E-state index in [0.717, 1.165) is 22.3 Å². The molecule has 1 aromatic rings. The van der Waals surface area contributed by atoms with Crippen LogP contribution in [0.1, 0.15) is 25.0 Å². The maximum Gasteiger partial charge on any atom is 0.169 e. The second-order valence-corrected chi connectivity index (χ2v) is 5.80. The molecule has 0 saturated heterocycles. The Labute approximate surface area is 129 Å². The van der Waals surface area contributed by atoms with Gasteiger partial charge in [0.1, 0.15) is 5.75 Å². The van der Waals surface area contributed by atoms with Crippen molar-refractivity contribution in [1.29, 1.82) is 0 Å². The average molecular weight is 346 g/mol. The average Bonchev–Trinajstić information content (AvgIpc) is 2.39. The van der Waals surface area contributed by atoms with Gasteiger partial charge in [-0.05, 0) is 44.0 Å². The number of rotatable bonds is 8. The number of nitrogens with one attached hydrogen (secondary N) is 1. The molecule has 0 bridgehead atoms. The second kappa shape index (κ2) is 8.62. The molecule has 0 aliphatic carbocycles. The Morgan fingerprint density at radius 3 is 2.40 bits per heavy atom. The first-order valence-electron chi connectivity index (χ1n) is 6.70. The van der Waals surface area contributed by atoms with Crippen molar-refractivity contribution in [2.45, 2.75) is 39.7 Å². The summed E-state index contributed by atoms with van der Waals surface area (Å²) in [6.45, 7) is 7.51. The highest BCUT2D eigenvalue weighted by molar-refractivity contribution is 9.10. The van der Waals surface area contributed by atoms with Gasteiger partial charge in [-0.3, -0.25) is 0 Å². The van der Waals surface area contributed by atoms with E-state index in [0.29, 0.717) is 6.54 Å². The third kappa shape index (κ3) is 5.40. The van der Waals surface area contributed by atoms with E-state index in [1.54, 1.807) is 14.2 Å². The van der Waals surface area contributed by atoms with Gasteiger partial charge in [0.05, 0.1) is 6.10 Å². The van der Waals surface area contributed by atoms with Gasteiger partial charge in [0.25, 0.3) is 0 Å². The molecule has 0 amide bonds. The monoisotopic (exact) mass is 345 g/mol. The van der Waals surface area contributed by atoms with Gasteiger partial charge in [0, 0.05) is 31.8 Å². The molecular weight excluding hydrogens is 322 g/mol. The highest BCUT2D eigenvalue weighted by atomic mass is 79.9. The summed E-state index contributed by atoms with van der Waals surface area (Å²) >= 11 is 3.53. The fourth-order valence-corrected chi connectivity index (χ4v) is 2.34. The van der Waals surface area contributed by atoms with Crippen molar-refractivity contribution in [3.8, 4) is 5.75 Å². The van der Waals surface area contributed by atoms with E-state index in [4.69, 9.17) is 14.2 Å². The van der Waals surface area contributed by atoms with Crippen LogP contribution in [0.5, 0.6) is 5.75 Å². The molecule has 114 valence electrons. The topological polar surface area (TPSA) is 39.7 Å². The fraction of sp³-hybridized carbons (Fsp3) is 0.600. The molecule has 0 heterocycles. The molecule has 0 unspecified atom stereocenters. The number of methoxy groups -OCH3 is 2. The van der Waals surface area contributed by atoms with Gasteiger partial charge in [-0.15, -0.1) is 0 Å². The minimum Gasteiger partial charge on any atom is -0.491 e. The lowest BCUT2D eigenvalue weighted by Gasteiger charge is -2.18. The van der Waals surface area contributed by atoms with Crippen LogP contribution in [0.3, 0.4) is 0 Å². The predicted octanol–water partition coefficient (Wildman–Crippen LogP) is 3.25. The van der Waals surface area contributed by atoms with Crippen molar-refractivity contribution >= 4 is 15.9 Å². The van der Waals surface area contributed by atoms with Gasteiger partial charge >= 0.3 is 0 Å². The Kier molecular flexibility index (Phi) is 7.51. The van der Waals surface area contributed by atoms with E-state index in [2.05, 4.69) is 34.2 Å². The van der Waals surface area contributed by atoms with Crippen LogP contribution in [0.2, 0.25) is 0 Å². The van der Waals surface area contributed by atoms with Crippen molar-refractivity contribution in [3.63, 3.8) is 0 Å². The molecule has 1 N–H and O–H groups in total. The molecule has 0 aromatic heterocycles. The van der Waals surface area contributed by atoms with Crippen molar-refractivity contribution in [1.82, 2.24) is 5.32 Å². The zero-order valence-electron chi connectivity index (χ0n) is 12.8. The van der Waals surface area contributed by atoms with E-state index >= 15 is 0 Å². The molecule has 0 fully saturated rings. The maximum absolute atomic E-state index is 5.83. The summed E-state index contributed by atoms with van der Waals surface area (Å²) in [6.07, 6.45) is -0.0657. The highest BCUT2D eigenvalue weighted by Gasteiger charge is 2.10. The van der Waals surface area contributed by atoms with Crippen LogP contribution in [0.4, 0.5) is 0 Å². The highest BCUT2D eigenvalue weighted by Crippen LogP contribution is 2.28. The lowest BCUT2D eigenvalue weighted by Crippen LogP contribution is -2.29. The van der Waals surface area contributed by atoms with Gasteiger partial charge in [-0.1, -0.05) is 15.9 Å². The standard InChI is InChI=1S/C15H24BrNO3/c1-10(2)20-14-7-13(16)6-12(11(14)3)8-17-9-15(18-4)19-5/h6-7,10,15,17H,8-9H2,1-5H3. The Morgan fingerprint density at radius 1 is 1.20 bits per heavy atom. The smallest absolute Gasteiger partial charge is 0.169 e. The van der Waals surface area contributed by atoms with Crippen LogP contribution >= 0.6 is 15.9 Å². The molecule has 0 aliphatic rings. The van der Waals surface area contributed by atoms with Gasteiger partial charge < -0.3 is 19.5 Å². The largest absolute Gasteiger partial charge is 0.491 e. The van der Waals surface area contributed by atoms with E-state index < -0.39 is 0 Å². The molecule has 5 heteroatoms. The predicted molar refractivity (Wildman–Crippen MR) is 84.2 cm³/mol. The van der Waals surface area contributed by atoms with Crippen LogP contribution < -0.4 is 10.1 Å². The normalized spacial score (nSPS) is 11.4. The summed E-state index contributed by atoms with van der Waals surface area (Å²) in [5.74, 6) is 0.918. The second-order valence-electron chi connectivity index (χ2n) is 4.89. The molecule has 1 aromatic carbocycles. The Hall–Kier alpha value is -0.620. The number of benzene rings is 1. The Balaban J connectivity index is 2.72. The molecule has 4 nitrogen and oxygen atoms in total. The lowest BCUT2D eigenvalue weighted by atomic mass is 10.1. The molecule has 1 rings (SSSR count). The molecular formula is C15H24BrNO3. The first-order chi connectivity index (χ1) is 9.47. The minimum absolute atomic E-state index is 0.162. The molecule has 0 aliphatic heterocycles. The molecule has 0 radical (unpaired) electrons. The Morgan fingerprint density at radius 2 is 1.85 bits per heavy atom. The fourth-order valence-electron chi connectivity index (χ4n) is 1.86. The van der Waals surface area contributed by atoms with Crippen LogP contribution in [-0.4, -0.2) is 33.2 Å². The third-order valence-electron chi connectivity index (χ3n) is 2.95. The van der Waals surface area contributed by atoms with E-state index in [-0.39, 0.29) is 12.4 Å². The summed E-state index contributed by atoms with van der Waals surface area (Å²) in [5, 5.41) is 3.33. The lowest BCUT2D eigenvalue weighted by molar-refractivity contribution is -0.0989. The van der Waals surface area contributed by atoms with Crippen LogP contribution in [0.25, 0.3) is 0 Å². The first-order valence-corrected chi connectivity index (χ1v) is 7.49. The van der Waals surface area contributed by atoms with Crippen molar-refractivity contribution in [3.05, 3.63) is 27.7 Å². The van der Waals surface area contributed by atoms with Crippen LogP contribution in [0.15, 0.2) is 16.6 Å². The maximum atomic E-state index is 5.83. The zero-order chi connectivity index (χ0) is 15.1.